The summed E-state index contributed by atoms with van der Waals surface area (Å²) in [6, 6.07) is 0. The van der Waals surface area contributed by atoms with Crippen LogP contribution in [0, 0.1) is 0 Å². The fraction of sp³-hybridized carbons (Fsp3) is 1.00. The van der Waals surface area contributed by atoms with E-state index in [0.717, 1.165) is 0 Å². The van der Waals surface area contributed by atoms with Crippen LogP contribution in [-0.4, -0.2) is 72.3 Å². The molecule has 0 aliphatic heterocycles. The van der Waals surface area contributed by atoms with Crippen LogP contribution >= 0.6 is 0 Å². The van der Waals surface area contributed by atoms with Crippen LogP contribution < -0.4 is 0 Å². The molecule has 0 atom stereocenters. The first-order valence-corrected chi connectivity index (χ1v) is 14.2. The van der Waals surface area contributed by atoms with Gasteiger partial charge in [-0.25, -0.2) is 0 Å². The highest BCUT2D eigenvalue weighted by Gasteiger charge is 2.25. The van der Waals surface area contributed by atoms with Gasteiger partial charge in [-0.15, -0.1) is 0 Å². The molecule has 0 radical (unpaired) electrons. The van der Waals surface area contributed by atoms with Crippen LogP contribution in [0.25, 0.3) is 0 Å². The van der Waals surface area contributed by atoms with Gasteiger partial charge in [0.05, 0.1) is 52.4 Å². The lowest BCUT2D eigenvalue weighted by Crippen LogP contribution is -2.50. The zero-order valence-corrected chi connectivity index (χ0v) is 23.9. The Kier molecular flexibility index (Phi) is 33.1. The van der Waals surface area contributed by atoms with Crippen molar-refractivity contribution >= 4 is 0 Å². The number of hydrogen-bond acceptors (Lipinski definition) is 2. The summed E-state index contributed by atoms with van der Waals surface area (Å²) in [4.78, 5) is 0. The molecule has 0 aromatic heterocycles. The number of unbranched alkanes of at least 4 members (excludes halogenated alkanes) is 4. The number of hydrogen-bond donors (Lipinski definition) is 0. The zero-order chi connectivity index (χ0) is 23.1. The SMILES string of the molecule is CCCC[N+](CCCC)(CCCC)CCCC.CCC[N+](CCC)(CCC)CCC.[OH-].[OH-]. The molecule has 32 heavy (non-hydrogen) atoms. The molecule has 0 aromatic rings. The summed E-state index contributed by atoms with van der Waals surface area (Å²) in [6.45, 7) is 29.8. The highest BCUT2D eigenvalue weighted by molar-refractivity contribution is 4.49. The van der Waals surface area contributed by atoms with Crippen LogP contribution in [0.3, 0.4) is 0 Å². The van der Waals surface area contributed by atoms with Gasteiger partial charge in [-0.05, 0) is 51.4 Å². The molecule has 0 fully saturated rings. The predicted molar refractivity (Wildman–Crippen MR) is 144 cm³/mol. The predicted octanol–water partition coefficient (Wildman–Crippen LogP) is 8.09. The van der Waals surface area contributed by atoms with E-state index in [0.29, 0.717) is 0 Å². The summed E-state index contributed by atoms with van der Waals surface area (Å²) in [5, 5.41) is 0. The van der Waals surface area contributed by atoms with Crippen LogP contribution in [0.2, 0.25) is 0 Å². The van der Waals surface area contributed by atoms with Crippen molar-refractivity contribution in [3.63, 3.8) is 0 Å². The van der Waals surface area contributed by atoms with E-state index in [2.05, 4.69) is 55.4 Å². The quantitative estimate of drug-likeness (QED) is 0.172. The van der Waals surface area contributed by atoms with Gasteiger partial charge in [-0.3, -0.25) is 0 Å². The Morgan fingerprint density at radius 3 is 0.625 bits per heavy atom. The summed E-state index contributed by atoms with van der Waals surface area (Å²) in [5.41, 5.74) is 0. The topological polar surface area (TPSA) is 60.0 Å². The first kappa shape index (κ1) is 39.1. The van der Waals surface area contributed by atoms with E-state index in [9.17, 15) is 0 Å². The molecule has 4 nitrogen and oxygen atoms in total. The number of nitrogens with zero attached hydrogens (tertiary/aromatic N) is 2. The minimum absolute atomic E-state index is 0. The van der Waals surface area contributed by atoms with Gasteiger partial charge in [-0.1, -0.05) is 81.1 Å². The lowest BCUT2D eigenvalue weighted by molar-refractivity contribution is -0.929. The Balaban J connectivity index is -0.000000238. The largest absolute Gasteiger partial charge is 0.870 e. The van der Waals surface area contributed by atoms with Crippen molar-refractivity contribution in [3.05, 3.63) is 0 Å². The van der Waals surface area contributed by atoms with Gasteiger partial charge in [0.15, 0.2) is 0 Å². The van der Waals surface area contributed by atoms with Crippen LogP contribution in [-0.2, 0) is 0 Å². The number of rotatable bonds is 20. The van der Waals surface area contributed by atoms with E-state index < -0.39 is 0 Å². The summed E-state index contributed by atoms with van der Waals surface area (Å²) >= 11 is 0. The molecule has 0 saturated heterocycles. The van der Waals surface area contributed by atoms with E-state index in [1.54, 1.807) is 0 Å². The third-order valence-electron chi connectivity index (χ3n) is 6.74. The summed E-state index contributed by atoms with van der Waals surface area (Å²) in [5.74, 6) is 0. The van der Waals surface area contributed by atoms with E-state index >= 15 is 0 Å². The van der Waals surface area contributed by atoms with E-state index in [1.807, 2.05) is 0 Å². The van der Waals surface area contributed by atoms with Crippen molar-refractivity contribution in [1.29, 1.82) is 0 Å². The van der Waals surface area contributed by atoms with Crippen LogP contribution in [0.4, 0.5) is 0 Å². The maximum atomic E-state index is 2.33. The molecule has 0 spiro atoms. The molecule has 0 rings (SSSR count). The van der Waals surface area contributed by atoms with Crippen molar-refractivity contribution in [1.82, 2.24) is 0 Å². The summed E-state index contributed by atoms with van der Waals surface area (Å²) in [7, 11) is 0. The maximum absolute atomic E-state index is 2.33. The highest BCUT2D eigenvalue weighted by Crippen LogP contribution is 2.16. The van der Waals surface area contributed by atoms with Gasteiger partial charge in [0.25, 0.3) is 0 Å². The number of quaternary nitrogens is 2. The van der Waals surface area contributed by atoms with Crippen LogP contribution in [0.15, 0.2) is 0 Å². The Hall–Kier alpha value is -0.160. The molecule has 0 aromatic carbocycles. The summed E-state index contributed by atoms with van der Waals surface area (Å²) in [6.07, 6.45) is 16.4. The molecule has 0 amide bonds. The molecule has 4 heteroatoms. The average molecular weight is 463 g/mol. The smallest absolute Gasteiger partial charge is 0.0786 e. The Labute approximate surface area is 204 Å². The highest BCUT2D eigenvalue weighted by atomic mass is 16.0. The maximum Gasteiger partial charge on any atom is 0.0786 e. The minimum Gasteiger partial charge on any atom is -0.870 e. The normalized spacial score (nSPS) is 11.2. The first-order chi connectivity index (χ1) is 14.5. The fourth-order valence-electron chi connectivity index (χ4n) is 5.21. The van der Waals surface area contributed by atoms with Crippen LogP contribution in [0.1, 0.15) is 132 Å². The van der Waals surface area contributed by atoms with Gasteiger partial charge >= 0.3 is 0 Å². The second-order valence-electron chi connectivity index (χ2n) is 9.89. The average Bonchev–Trinajstić information content (AvgIpc) is 2.74. The molecule has 200 valence electrons. The molecular formula is C28H66N2O2. The van der Waals surface area contributed by atoms with E-state index in [-0.39, 0.29) is 11.0 Å². The Bertz CT molecular complexity index is 270. The molecule has 0 unspecified atom stereocenters. The van der Waals surface area contributed by atoms with Gasteiger partial charge in [-0.2, -0.15) is 0 Å². The van der Waals surface area contributed by atoms with Gasteiger partial charge in [0.1, 0.15) is 0 Å². The van der Waals surface area contributed by atoms with E-state index in [4.69, 9.17) is 0 Å². The van der Waals surface area contributed by atoms with Crippen LogP contribution in [0.5, 0.6) is 0 Å². The molecule has 0 bridgehead atoms. The monoisotopic (exact) mass is 463 g/mol. The third-order valence-corrected chi connectivity index (χ3v) is 6.74. The fourth-order valence-corrected chi connectivity index (χ4v) is 5.21. The van der Waals surface area contributed by atoms with E-state index in [1.165, 1.54) is 138 Å². The minimum atomic E-state index is 0. The lowest BCUT2D eigenvalue weighted by atomic mass is 10.1. The molecule has 0 heterocycles. The lowest BCUT2D eigenvalue weighted by Gasteiger charge is -2.39. The van der Waals surface area contributed by atoms with Gasteiger partial charge in [0, 0.05) is 0 Å². The first-order valence-electron chi connectivity index (χ1n) is 14.2. The molecule has 2 N–H and O–H groups in total. The van der Waals surface area contributed by atoms with Crippen molar-refractivity contribution in [3.8, 4) is 0 Å². The molecule has 0 saturated carbocycles. The second-order valence-corrected chi connectivity index (χ2v) is 9.89. The Morgan fingerprint density at radius 2 is 0.469 bits per heavy atom. The summed E-state index contributed by atoms with van der Waals surface area (Å²) < 4.78 is 2.80. The van der Waals surface area contributed by atoms with Gasteiger partial charge in [0.2, 0.25) is 0 Å². The van der Waals surface area contributed by atoms with Crippen molar-refractivity contribution in [2.75, 3.05) is 52.4 Å². The van der Waals surface area contributed by atoms with Crippen molar-refractivity contribution in [2.45, 2.75) is 132 Å². The standard InChI is InChI=1S/C16H36N.C12H28N.2H2O/c1-5-9-13-17(14-10-6-2,15-11-7-3)16-12-8-4;1-5-9-13(10-6-2,11-7-3)12-8-4;;/h5-16H2,1-4H3;5-12H2,1-4H3;2*1H2/q2*+1;;/p-2. The second kappa shape index (κ2) is 27.1. The molecular weight excluding hydrogens is 396 g/mol. The van der Waals surface area contributed by atoms with Gasteiger partial charge < -0.3 is 19.9 Å². The Morgan fingerprint density at radius 1 is 0.281 bits per heavy atom. The van der Waals surface area contributed by atoms with Crippen molar-refractivity contribution in [2.24, 2.45) is 0 Å². The third kappa shape index (κ3) is 19.3. The molecule has 0 aliphatic carbocycles. The van der Waals surface area contributed by atoms with Crippen molar-refractivity contribution < 1.29 is 19.9 Å². The molecule has 0 aliphatic rings. The zero-order valence-electron chi connectivity index (χ0n) is 23.9.